The van der Waals surface area contributed by atoms with Gasteiger partial charge in [0.05, 0.1) is 17.7 Å². The predicted molar refractivity (Wildman–Crippen MR) is 82.2 cm³/mol. The molecule has 6 nitrogen and oxygen atoms in total. The van der Waals surface area contributed by atoms with Crippen molar-refractivity contribution in [3.05, 3.63) is 12.5 Å². The van der Waals surface area contributed by atoms with Crippen molar-refractivity contribution in [3.8, 4) is 0 Å². The summed E-state index contributed by atoms with van der Waals surface area (Å²) in [5.74, 6) is 0.853. The third-order valence-electron chi connectivity index (χ3n) is 4.05. The van der Waals surface area contributed by atoms with E-state index >= 15 is 0 Å². The smallest absolute Gasteiger partial charge is 0.163 e. The zero-order chi connectivity index (χ0) is 14.5. The number of aryl methyl sites for hydroxylation is 1. The van der Waals surface area contributed by atoms with Crippen LogP contribution in [0.1, 0.15) is 38.5 Å². The normalized spacial score (nSPS) is 16.4. The van der Waals surface area contributed by atoms with Crippen molar-refractivity contribution in [2.75, 3.05) is 18.5 Å². The Morgan fingerprint density at radius 2 is 2.14 bits per heavy atom. The summed E-state index contributed by atoms with van der Waals surface area (Å²) >= 11 is 0. The summed E-state index contributed by atoms with van der Waals surface area (Å²) in [5.41, 5.74) is 0.853. The van der Waals surface area contributed by atoms with E-state index < -0.39 is 0 Å². The fourth-order valence-corrected chi connectivity index (χ4v) is 2.86. The van der Waals surface area contributed by atoms with Crippen LogP contribution in [0, 0.1) is 0 Å². The number of hydrogen-bond acceptors (Lipinski definition) is 5. The Labute approximate surface area is 124 Å². The third kappa shape index (κ3) is 3.50. The van der Waals surface area contributed by atoms with Gasteiger partial charge in [0.2, 0.25) is 0 Å². The van der Waals surface area contributed by atoms with Crippen molar-refractivity contribution in [2.24, 2.45) is 7.05 Å². The maximum atomic E-state index is 5.92. The topological polar surface area (TPSA) is 64.9 Å². The number of rotatable bonds is 6. The molecular weight excluding hydrogens is 266 g/mol. The summed E-state index contributed by atoms with van der Waals surface area (Å²) in [6.07, 6.45) is 11.3. The van der Waals surface area contributed by atoms with Crippen LogP contribution >= 0.6 is 0 Å². The Kier molecular flexibility index (Phi) is 4.65. The van der Waals surface area contributed by atoms with Crippen LogP contribution in [0.25, 0.3) is 11.0 Å². The number of hydrogen-bond donors (Lipinski definition) is 1. The molecule has 0 atom stereocenters. The van der Waals surface area contributed by atoms with Crippen molar-refractivity contribution < 1.29 is 4.74 Å². The van der Waals surface area contributed by atoms with Crippen LogP contribution < -0.4 is 5.32 Å². The maximum absolute atomic E-state index is 5.92. The van der Waals surface area contributed by atoms with E-state index in [0.717, 1.165) is 36.4 Å². The second kappa shape index (κ2) is 6.85. The first kappa shape index (κ1) is 14.3. The molecule has 0 aliphatic heterocycles. The fourth-order valence-electron chi connectivity index (χ4n) is 2.86. The van der Waals surface area contributed by atoms with Crippen LogP contribution in [0.15, 0.2) is 12.5 Å². The molecule has 2 aromatic rings. The highest BCUT2D eigenvalue weighted by Crippen LogP contribution is 2.20. The van der Waals surface area contributed by atoms with Gasteiger partial charge in [0.25, 0.3) is 0 Å². The van der Waals surface area contributed by atoms with Crippen LogP contribution in [0.4, 0.5) is 5.82 Å². The van der Waals surface area contributed by atoms with E-state index in [2.05, 4.69) is 20.4 Å². The lowest BCUT2D eigenvalue weighted by molar-refractivity contribution is 0.0284. The SMILES string of the molecule is Cn1ncc2c(NCCCOC3CCCCC3)ncnc21. The van der Waals surface area contributed by atoms with E-state index in [-0.39, 0.29) is 0 Å². The third-order valence-corrected chi connectivity index (χ3v) is 4.05. The van der Waals surface area contributed by atoms with Gasteiger partial charge in [0.1, 0.15) is 12.1 Å². The molecule has 0 bridgehead atoms. The van der Waals surface area contributed by atoms with Crippen LogP contribution in [0.5, 0.6) is 0 Å². The molecule has 1 aliphatic carbocycles. The van der Waals surface area contributed by atoms with Crippen LogP contribution in [0.2, 0.25) is 0 Å². The Morgan fingerprint density at radius 1 is 1.29 bits per heavy atom. The van der Waals surface area contributed by atoms with Gasteiger partial charge in [-0.05, 0) is 19.3 Å². The van der Waals surface area contributed by atoms with Crippen molar-refractivity contribution in [1.82, 2.24) is 19.7 Å². The first-order valence-corrected chi connectivity index (χ1v) is 7.83. The van der Waals surface area contributed by atoms with Gasteiger partial charge in [-0.25, -0.2) is 9.97 Å². The van der Waals surface area contributed by atoms with Gasteiger partial charge < -0.3 is 10.1 Å². The molecule has 21 heavy (non-hydrogen) atoms. The zero-order valence-electron chi connectivity index (χ0n) is 12.6. The summed E-state index contributed by atoms with van der Waals surface area (Å²) in [6.45, 7) is 1.67. The number of aromatic nitrogens is 4. The van der Waals surface area contributed by atoms with Crippen molar-refractivity contribution in [2.45, 2.75) is 44.6 Å². The van der Waals surface area contributed by atoms with Gasteiger partial charge >= 0.3 is 0 Å². The highest BCUT2D eigenvalue weighted by molar-refractivity contribution is 5.85. The van der Waals surface area contributed by atoms with Crippen molar-refractivity contribution in [3.63, 3.8) is 0 Å². The molecule has 2 heterocycles. The summed E-state index contributed by atoms with van der Waals surface area (Å²) < 4.78 is 7.68. The van der Waals surface area contributed by atoms with Crippen LogP contribution in [-0.4, -0.2) is 39.0 Å². The van der Waals surface area contributed by atoms with Gasteiger partial charge in [-0.2, -0.15) is 5.10 Å². The maximum Gasteiger partial charge on any atom is 0.163 e. The highest BCUT2D eigenvalue weighted by atomic mass is 16.5. The summed E-state index contributed by atoms with van der Waals surface area (Å²) in [7, 11) is 1.89. The molecule has 0 unspecified atom stereocenters. The molecule has 1 N–H and O–H groups in total. The average molecular weight is 289 g/mol. The van der Waals surface area contributed by atoms with E-state index in [0.29, 0.717) is 6.10 Å². The van der Waals surface area contributed by atoms with Gasteiger partial charge in [0, 0.05) is 20.2 Å². The van der Waals surface area contributed by atoms with E-state index in [4.69, 9.17) is 4.74 Å². The molecule has 1 aliphatic rings. The fraction of sp³-hybridized carbons (Fsp3) is 0.667. The average Bonchev–Trinajstić information content (AvgIpc) is 2.90. The number of nitrogens with one attached hydrogen (secondary N) is 1. The molecule has 114 valence electrons. The van der Waals surface area contributed by atoms with E-state index in [9.17, 15) is 0 Å². The van der Waals surface area contributed by atoms with Crippen molar-refractivity contribution in [1.29, 1.82) is 0 Å². The van der Waals surface area contributed by atoms with Gasteiger partial charge in [-0.3, -0.25) is 4.68 Å². The van der Waals surface area contributed by atoms with Gasteiger partial charge in [-0.15, -0.1) is 0 Å². The second-order valence-electron chi connectivity index (χ2n) is 5.64. The van der Waals surface area contributed by atoms with Gasteiger partial charge in [-0.1, -0.05) is 19.3 Å². The minimum atomic E-state index is 0.489. The molecule has 1 fully saturated rings. The Hall–Kier alpha value is -1.69. The monoisotopic (exact) mass is 289 g/mol. The lowest BCUT2D eigenvalue weighted by Crippen LogP contribution is -2.18. The first-order chi connectivity index (χ1) is 10.3. The molecule has 0 aromatic carbocycles. The van der Waals surface area contributed by atoms with Crippen LogP contribution in [-0.2, 0) is 11.8 Å². The Balaban J connectivity index is 1.44. The molecular formula is C15H23N5O. The molecule has 0 amide bonds. The van der Waals surface area contributed by atoms with E-state index in [1.165, 1.54) is 32.1 Å². The lowest BCUT2D eigenvalue weighted by Gasteiger charge is -2.21. The van der Waals surface area contributed by atoms with Gasteiger partial charge in [0.15, 0.2) is 5.65 Å². The number of nitrogens with zero attached hydrogens (tertiary/aromatic N) is 4. The standard InChI is InChI=1S/C15H23N5O/c1-20-15-13(10-19-20)14(17-11-18-15)16-8-5-9-21-12-6-3-2-4-7-12/h10-12H,2-9H2,1H3,(H,16,17,18). The minimum absolute atomic E-state index is 0.489. The second-order valence-corrected chi connectivity index (χ2v) is 5.64. The zero-order valence-corrected chi connectivity index (χ0v) is 12.6. The summed E-state index contributed by atoms with van der Waals surface area (Å²) in [4.78, 5) is 8.52. The van der Waals surface area contributed by atoms with Crippen molar-refractivity contribution >= 4 is 16.9 Å². The Bertz CT molecular complexity index is 576. The number of fused-ring (bicyclic) bond motifs is 1. The minimum Gasteiger partial charge on any atom is -0.378 e. The Morgan fingerprint density at radius 3 is 3.00 bits per heavy atom. The lowest BCUT2D eigenvalue weighted by atomic mass is 9.98. The molecule has 1 saturated carbocycles. The summed E-state index contributed by atoms with van der Waals surface area (Å²) in [6, 6.07) is 0. The molecule has 0 spiro atoms. The van der Waals surface area contributed by atoms with E-state index in [1.54, 1.807) is 17.2 Å². The quantitative estimate of drug-likeness (QED) is 0.828. The number of anilines is 1. The predicted octanol–water partition coefficient (Wildman–Crippen LogP) is 2.51. The molecule has 3 rings (SSSR count). The largest absolute Gasteiger partial charge is 0.378 e. The van der Waals surface area contributed by atoms with E-state index in [1.807, 2.05) is 7.05 Å². The molecule has 2 aromatic heterocycles. The molecule has 0 radical (unpaired) electrons. The van der Waals surface area contributed by atoms with Crippen LogP contribution in [0.3, 0.4) is 0 Å². The highest BCUT2D eigenvalue weighted by Gasteiger charge is 2.13. The summed E-state index contributed by atoms with van der Waals surface area (Å²) in [5, 5.41) is 8.53. The molecule has 0 saturated heterocycles. The first-order valence-electron chi connectivity index (χ1n) is 7.83. The number of ether oxygens (including phenoxy) is 1. The molecule has 6 heteroatoms.